The quantitative estimate of drug-likeness (QED) is 0.475. The summed E-state index contributed by atoms with van der Waals surface area (Å²) in [6.45, 7) is 2.76. The molecule has 0 saturated heterocycles. The fourth-order valence-corrected chi connectivity index (χ4v) is 3.52. The van der Waals surface area contributed by atoms with Crippen molar-refractivity contribution in [3.05, 3.63) is 95.1 Å². The van der Waals surface area contributed by atoms with Crippen LogP contribution in [0, 0.1) is 5.82 Å². The summed E-state index contributed by atoms with van der Waals surface area (Å²) in [5, 5.41) is 9.37. The third-order valence-corrected chi connectivity index (χ3v) is 4.93. The number of carbonyl (C=O) groups is 1. The zero-order valence-electron chi connectivity index (χ0n) is 16.5. The van der Waals surface area contributed by atoms with Gasteiger partial charge in [0, 0.05) is 13.0 Å². The van der Waals surface area contributed by atoms with Crippen molar-refractivity contribution < 1.29 is 19.0 Å². The molecule has 0 aliphatic carbocycles. The largest absolute Gasteiger partial charge is 0.493 e. The summed E-state index contributed by atoms with van der Waals surface area (Å²) in [5.41, 5.74) is 3.88. The molecule has 0 amide bonds. The molecule has 0 unspecified atom stereocenters. The molecular weight excluding hydrogens is 383 g/mol. The normalized spacial score (nSPS) is 11.0. The smallest absolute Gasteiger partial charge is 0.339 e. The highest BCUT2D eigenvalue weighted by Crippen LogP contribution is 2.25. The molecule has 0 saturated carbocycles. The molecule has 0 fully saturated rings. The highest BCUT2D eigenvalue weighted by molar-refractivity contribution is 5.91. The monoisotopic (exact) mass is 404 g/mol. The Bertz CT molecular complexity index is 1200. The number of ether oxygens (including phenoxy) is 1. The number of nitrogens with zero attached hydrogens (tertiary/aromatic N) is 2. The second-order valence-electron chi connectivity index (χ2n) is 6.97. The number of halogens is 1. The Morgan fingerprint density at radius 3 is 2.53 bits per heavy atom. The van der Waals surface area contributed by atoms with Crippen LogP contribution in [0.4, 0.5) is 4.39 Å². The summed E-state index contributed by atoms with van der Waals surface area (Å²) in [4.78, 5) is 16.2. The van der Waals surface area contributed by atoms with Crippen LogP contribution < -0.4 is 4.74 Å². The Hall–Kier alpha value is -3.67. The maximum absolute atomic E-state index is 13.3. The van der Waals surface area contributed by atoms with Gasteiger partial charge in [-0.3, -0.25) is 0 Å². The summed E-state index contributed by atoms with van der Waals surface area (Å²) in [5.74, 6) is -0.0975. The van der Waals surface area contributed by atoms with Crippen LogP contribution in [0.5, 0.6) is 5.75 Å². The van der Waals surface area contributed by atoms with Gasteiger partial charge in [0.25, 0.3) is 0 Å². The van der Waals surface area contributed by atoms with Crippen LogP contribution in [0.2, 0.25) is 0 Å². The fourth-order valence-electron chi connectivity index (χ4n) is 3.52. The van der Waals surface area contributed by atoms with E-state index in [1.54, 1.807) is 30.3 Å². The van der Waals surface area contributed by atoms with Crippen molar-refractivity contribution in [1.29, 1.82) is 0 Å². The summed E-state index contributed by atoms with van der Waals surface area (Å²) >= 11 is 0. The standard InChI is InChI=1S/C24H21FN2O3/c1-2-30-22-13-17(9-12-19(22)24(28)29)14-23-26-20-5-3-4-6-21(20)27(23)15-16-7-10-18(25)11-8-16/h3-13H,2,14-15H2,1H3,(H,28,29). The van der Waals surface area contributed by atoms with Crippen molar-refractivity contribution in [2.45, 2.75) is 19.9 Å². The van der Waals surface area contributed by atoms with Gasteiger partial charge in [-0.15, -0.1) is 0 Å². The summed E-state index contributed by atoms with van der Waals surface area (Å²) in [6.07, 6.45) is 0.510. The van der Waals surface area contributed by atoms with Crippen molar-refractivity contribution in [1.82, 2.24) is 9.55 Å². The minimum absolute atomic E-state index is 0.139. The second kappa shape index (κ2) is 8.37. The highest BCUT2D eigenvalue weighted by atomic mass is 19.1. The Morgan fingerprint density at radius 2 is 1.80 bits per heavy atom. The van der Waals surface area contributed by atoms with Gasteiger partial charge >= 0.3 is 5.97 Å². The Balaban J connectivity index is 1.73. The van der Waals surface area contributed by atoms with Crippen LogP contribution in [-0.2, 0) is 13.0 Å². The van der Waals surface area contributed by atoms with E-state index in [9.17, 15) is 14.3 Å². The number of fused-ring (bicyclic) bond motifs is 1. The molecule has 30 heavy (non-hydrogen) atoms. The van der Waals surface area contributed by atoms with Gasteiger partial charge in [0.05, 0.1) is 17.6 Å². The molecule has 4 rings (SSSR count). The van der Waals surface area contributed by atoms with Crippen LogP contribution in [0.3, 0.4) is 0 Å². The van der Waals surface area contributed by atoms with E-state index in [1.165, 1.54) is 12.1 Å². The molecule has 4 aromatic rings. The maximum Gasteiger partial charge on any atom is 0.339 e. The first-order chi connectivity index (χ1) is 14.5. The lowest BCUT2D eigenvalue weighted by Gasteiger charge is -2.12. The van der Waals surface area contributed by atoms with Gasteiger partial charge in [-0.05, 0) is 54.4 Å². The van der Waals surface area contributed by atoms with Crippen molar-refractivity contribution in [3.8, 4) is 5.75 Å². The van der Waals surface area contributed by atoms with Gasteiger partial charge in [-0.2, -0.15) is 0 Å². The van der Waals surface area contributed by atoms with Crippen LogP contribution in [0.15, 0.2) is 66.7 Å². The SMILES string of the molecule is CCOc1cc(Cc2nc3ccccc3n2Cc2ccc(F)cc2)ccc1C(=O)O. The first-order valence-electron chi connectivity index (χ1n) is 9.72. The minimum Gasteiger partial charge on any atom is -0.493 e. The van der Waals surface area contributed by atoms with Crippen LogP contribution in [0.25, 0.3) is 11.0 Å². The van der Waals surface area contributed by atoms with Crippen LogP contribution in [0.1, 0.15) is 34.2 Å². The lowest BCUT2D eigenvalue weighted by molar-refractivity contribution is 0.0692. The average molecular weight is 404 g/mol. The summed E-state index contributed by atoms with van der Waals surface area (Å²) in [7, 11) is 0. The van der Waals surface area contributed by atoms with E-state index >= 15 is 0 Å². The topological polar surface area (TPSA) is 64.4 Å². The molecule has 0 bridgehead atoms. The first-order valence-corrected chi connectivity index (χ1v) is 9.72. The molecular formula is C24H21FN2O3. The zero-order chi connectivity index (χ0) is 21.1. The van der Waals surface area contributed by atoms with Crippen molar-refractivity contribution in [2.75, 3.05) is 6.61 Å². The van der Waals surface area contributed by atoms with Gasteiger partial charge < -0.3 is 14.4 Å². The third kappa shape index (κ3) is 4.03. The maximum atomic E-state index is 13.3. The van der Waals surface area contributed by atoms with Crippen molar-refractivity contribution in [3.63, 3.8) is 0 Å². The number of rotatable bonds is 7. The third-order valence-electron chi connectivity index (χ3n) is 4.93. The number of imidazole rings is 1. The predicted molar refractivity (Wildman–Crippen MR) is 113 cm³/mol. The van der Waals surface area contributed by atoms with E-state index in [-0.39, 0.29) is 11.4 Å². The molecule has 0 radical (unpaired) electrons. The van der Waals surface area contributed by atoms with E-state index in [2.05, 4.69) is 4.57 Å². The minimum atomic E-state index is -1.02. The van der Waals surface area contributed by atoms with Gasteiger partial charge in [0.15, 0.2) is 0 Å². The van der Waals surface area contributed by atoms with E-state index in [4.69, 9.17) is 9.72 Å². The number of benzene rings is 3. The lowest BCUT2D eigenvalue weighted by atomic mass is 10.1. The first kappa shape index (κ1) is 19.6. The van der Waals surface area contributed by atoms with E-state index in [0.29, 0.717) is 25.3 Å². The number of carboxylic acids is 1. The zero-order valence-corrected chi connectivity index (χ0v) is 16.5. The molecule has 5 nitrogen and oxygen atoms in total. The van der Waals surface area contributed by atoms with Gasteiger partial charge in [-0.25, -0.2) is 14.2 Å². The Kier molecular flexibility index (Phi) is 5.48. The highest BCUT2D eigenvalue weighted by Gasteiger charge is 2.15. The molecule has 0 aliphatic heterocycles. The molecule has 0 aliphatic rings. The van der Waals surface area contributed by atoms with Gasteiger partial charge in [-0.1, -0.05) is 30.3 Å². The molecule has 152 valence electrons. The van der Waals surface area contributed by atoms with Crippen molar-refractivity contribution in [2.24, 2.45) is 0 Å². The molecule has 1 N–H and O–H groups in total. The summed E-state index contributed by atoms with van der Waals surface area (Å²) in [6, 6.07) is 19.4. The predicted octanol–water partition coefficient (Wildman–Crippen LogP) is 4.91. The lowest BCUT2D eigenvalue weighted by Crippen LogP contribution is -2.07. The number of para-hydroxylation sites is 2. The molecule has 1 aromatic heterocycles. The van der Waals surface area contributed by atoms with Crippen molar-refractivity contribution >= 4 is 17.0 Å². The Labute approximate surface area is 173 Å². The average Bonchev–Trinajstić information content (AvgIpc) is 3.07. The van der Waals surface area contributed by atoms with E-state index in [1.807, 2.05) is 31.2 Å². The van der Waals surface area contributed by atoms with E-state index < -0.39 is 5.97 Å². The number of hydrogen-bond donors (Lipinski definition) is 1. The number of aromatic carboxylic acids is 1. The van der Waals surface area contributed by atoms with Gasteiger partial charge in [0.2, 0.25) is 0 Å². The Morgan fingerprint density at radius 1 is 1.07 bits per heavy atom. The van der Waals surface area contributed by atoms with Gasteiger partial charge in [0.1, 0.15) is 23.0 Å². The molecule has 0 atom stereocenters. The molecule has 1 heterocycles. The number of aromatic nitrogens is 2. The molecule has 0 spiro atoms. The molecule has 6 heteroatoms. The molecule has 3 aromatic carbocycles. The number of carboxylic acid groups (broad SMARTS) is 1. The second-order valence-corrected chi connectivity index (χ2v) is 6.97. The van der Waals surface area contributed by atoms with Crippen LogP contribution in [-0.4, -0.2) is 27.2 Å². The summed E-state index contributed by atoms with van der Waals surface area (Å²) < 4.78 is 20.9. The van der Waals surface area contributed by atoms with Crippen LogP contribution >= 0.6 is 0 Å². The number of hydrogen-bond acceptors (Lipinski definition) is 3. The van der Waals surface area contributed by atoms with E-state index in [0.717, 1.165) is 28.0 Å². The fraction of sp³-hybridized carbons (Fsp3) is 0.167.